The molecule has 2 aliphatic carbocycles. The van der Waals surface area contributed by atoms with E-state index in [0.717, 1.165) is 12.3 Å². The fourth-order valence-corrected chi connectivity index (χ4v) is 6.34. The third-order valence-corrected chi connectivity index (χ3v) is 7.50. The second-order valence-electron chi connectivity index (χ2n) is 6.32. The van der Waals surface area contributed by atoms with Crippen LogP contribution in [0.25, 0.3) is 0 Å². The van der Waals surface area contributed by atoms with Crippen molar-refractivity contribution in [3.05, 3.63) is 28.5 Å². The minimum absolute atomic E-state index is 0.0812. The smallest absolute Gasteiger partial charge is 0.208 e. The van der Waals surface area contributed by atoms with Gasteiger partial charge in [0, 0.05) is 10.5 Å². The van der Waals surface area contributed by atoms with Gasteiger partial charge >= 0.3 is 0 Å². The first-order valence-corrected chi connectivity index (χ1v) is 9.62. The maximum Gasteiger partial charge on any atom is 0.241 e. The van der Waals surface area contributed by atoms with Crippen molar-refractivity contribution in [1.82, 2.24) is 4.72 Å². The molecule has 1 aromatic rings. The van der Waals surface area contributed by atoms with Gasteiger partial charge in [-0.05, 0) is 78.1 Å². The van der Waals surface area contributed by atoms with Gasteiger partial charge in [-0.2, -0.15) is 0 Å². The maximum absolute atomic E-state index is 13.1. The zero-order valence-electron chi connectivity index (χ0n) is 11.9. The number of hydrogen-bond donors (Lipinski definition) is 1. The highest BCUT2D eigenvalue weighted by molar-refractivity contribution is 9.10. The number of nitrogens with one attached hydrogen (secondary N) is 1. The van der Waals surface area contributed by atoms with Crippen LogP contribution in [-0.2, 0) is 10.0 Å². The van der Waals surface area contributed by atoms with Crippen molar-refractivity contribution in [1.29, 1.82) is 0 Å². The first-order chi connectivity index (χ1) is 9.87. The van der Waals surface area contributed by atoms with Crippen LogP contribution in [0.5, 0.6) is 0 Å². The summed E-state index contributed by atoms with van der Waals surface area (Å²) in [6.07, 6.45) is 4.89. The molecule has 116 valence electrons. The lowest BCUT2D eigenvalue weighted by atomic mass is 9.84. The predicted octanol–water partition coefficient (Wildman–Crippen LogP) is 3.69. The number of hydrogen-bond acceptors (Lipinski definition) is 2. The topological polar surface area (TPSA) is 46.2 Å². The molecule has 2 aliphatic rings. The van der Waals surface area contributed by atoms with Crippen molar-refractivity contribution in [3.63, 3.8) is 0 Å². The van der Waals surface area contributed by atoms with E-state index in [2.05, 4.69) is 20.7 Å². The molecular formula is C15H19BrFNO2S. The number of benzene rings is 1. The Morgan fingerprint density at radius 2 is 2.10 bits per heavy atom. The van der Waals surface area contributed by atoms with Gasteiger partial charge in [0.05, 0.1) is 4.90 Å². The van der Waals surface area contributed by atoms with Crippen molar-refractivity contribution in [2.45, 2.75) is 43.5 Å². The second kappa shape index (κ2) is 5.63. The normalized spacial score (nSPS) is 29.8. The van der Waals surface area contributed by atoms with Gasteiger partial charge in [-0.25, -0.2) is 17.5 Å². The van der Waals surface area contributed by atoms with E-state index >= 15 is 0 Å². The van der Waals surface area contributed by atoms with Crippen LogP contribution >= 0.6 is 15.9 Å². The number of rotatable bonds is 4. The van der Waals surface area contributed by atoms with Crippen LogP contribution in [-0.4, -0.2) is 14.5 Å². The number of halogens is 2. The predicted molar refractivity (Wildman–Crippen MR) is 82.8 cm³/mol. The average molecular weight is 376 g/mol. The van der Waals surface area contributed by atoms with E-state index in [9.17, 15) is 12.8 Å². The van der Waals surface area contributed by atoms with Crippen molar-refractivity contribution in [2.24, 2.45) is 17.8 Å². The Kier molecular flexibility index (Phi) is 4.14. The van der Waals surface area contributed by atoms with Crippen LogP contribution in [0.2, 0.25) is 0 Å². The fourth-order valence-electron chi connectivity index (χ4n) is 4.00. The lowest BCUT2D eigenvalue weighted by Gasteiger charge is -2.28. The Morgan fingerprint density at radius 1 is 1.33 bits per heavy atom. The molecule has 0 amide bonds. The Labute approximate surface area is 133 Å². The van der Waals surface area contributed by atoms with Gasteiger partial charge in [-0.1, -0.05) is 6.42 Å². The van der Waals surface area contributed by atoms with Crippen molar-refractivity contribution < 1.29 is 12.8 Å². The van der Waals surface area contributed by atoms with Gasteiger partial charge in [0.15, 0.2) is 0 Å². The zero-order chi connectivity index (χ0) is 15.2. The van der Waals surface area contributed by atoms with Crippen LogP contribution in [0.15, 0.2) is 27.6 Å². The molecule has 0 aromatic heterocycles. The largest absolute Gasteiger partial charge is 0.241 e. The van der Waals surface area contributed by atoms with E-state index in [-0.39, 0.29) is 15.4 Å². The van der Waals surface area contributed by atoms with Gasteiger partial charge in [0.1, 0.15) is 5.82 Å². The minimum Gasteiger partial charge on any atom is -0.208 e. The summed E-state index contributed by atoms with van der Waals surface area (Å²) in [5, 5.41) is 0. The van der Waals surface area contributed by atoms with Gasteiger partial charge in [0.2, 0.25) is 10.0 Å². The molecule has 3 rings (SSSR count). The molecule has 1 N–H and O–H groups in total. The summed E-state index contributed by atoms with van der Waals surface area (Å²) in [5.74, 6) is 1.41. The SMILES string of the molecule is CC(NS(=O)(=O)c1ccc(F)cc1Br)C1CC2CCC1C2. The van der Waals surface area contributed by atoms with E-state index in [0.29, 0.717) is 11.8 Å². The fraction of sp³-hybridized carbons (Fsp3) is 0.600. The van der Waals surface area contributed by atoms with Crippen molar-refractivity contribution in [2.75, 3.05) is 0 Å². The molecule has 4 atom stereocenters. The third kappa shape index (κ3) is 3.03. The second-order valence-corrected chi connectivity index (χ2v) is 8.86. The van der Waals surface area contributed by atoms with E-state index in [1.807, 2.05) is 6.92 Å². The average Bonchev–Trinajstić information content (AvgIpc) is 2.99. The molecule has 2 saturated carbocycles. The zero-order valence-corrected chi connectivity index (χ0v) is 14.3. The molecule has 6 heteroatoms. The lowest BCUT2D eigenvalue weighted by molar-refractivity contribution is 0.280. The summed E-state index contributed by atoms with van der Waals surface area (Å²) in [7, 11) is -3.62. The summed E-state index contributed by atoms with van der Waals surface area (Å²) in [6.45, 7) is 1.94. The minimum atomic E-state index is -3.62. The Morgan fingerprint density at radius 3 is 2.67 bits per heavy atom. The molecule has 1 aromatic carbocycles. The Bertz CT molecular complexity index is 649. The Balaban J connectivity index is 1.76. The molecule has 4 unspecified atom stereocenters. The molecule has 3 nitrogen and oxygen atoms in total. The molecule has 21 heavy (non-hydrogen) atoms. The summed E-state index contributed by atoms with van der Waals surface area (Å²) in [4.78, 5) is 0.0962. The summed E-state index contributed by atoms with van der Waals surface area (Å²) < 4.78 is 41.1. The Hall–Kier alpha value is -0.460. The van der Waals surface area contributed by atoms with Gasteiger partial charge in [-0.15, -0.1) is 0 Å². The highest BCUT2D eigenvalue weighted by Crippen LogP contribution is 2.49. The first kappa shape index (κ1) is 15.4. The van der Waals surface area contributed by atoms with E-state index in [1.54, 1.807) is 0 Å². The molecule has 0 saturated heterocycles. The molecule has 2 bridgehead atoms. The van der Waals surface area contributed by atoms with E-state index < -0.39 is 15.8 Å². The van der Waals surface area contributed by atoms with E-state index in [4.69, 9.17) is 0 Å². The van der Waals surface area contributed by atoms with Crippen LogP contribution in [0, 0.1) is 23.6 Å². The first-order valence-electron chi connectivity index (χ1n) is 7.34. The molecular weight excluding hydrogens is 357 g/mol. The summed E-state index contributed by atoms with van der Waals surface area (Å²) in [6, 6.07) is 3.57. The quantitative estimate of drug-likeness (QED) is 0.871. The highest BCUT2D eigenvalue weighted by Gasteiger charge is 2.42. The molecule has 0 heterocycles. The molecule has 0 radical (unpaired) electrons. The monoisotopic (exact) mass is 375 g/mol. The van der Waals surface area contributed by atoms with Gasteiger partial charge in [-0.3, -0.25) is 0 Å². The maximum atomic E-state index is 13.1. The van der Waals surface area contributed by atoms with Gasteiger partial charge in [0.25, 0.3) is 0 Å². The van der Waals surface area contributed by atoms with Crippen LogP contribution in [0.1, 0.15) is 32.6 Å². The molecule has 2 fully saturated rings. The number of sulfonamides is 1. The standard InChI is InChI=1S/C15H19BrFNO2S/c1-9(13-7-10-2-3-11(13)6-10)18-21(19,20)15-5-4-12(17)8-14(15)16/h4-5,8-11,13,18H,2-3,6-7H2,1H3. The van der Waals surface area contributed by atoms with Crippen molar-refractivity contribution in [3.8, 4) is 0 Å². The summed E-state index contributed by atoms with van der Waals surface area (Å²) >= 11 is 3.13. The van der Waals surface area contributed by atoms with Crippen LogP contribution in [0.4, 0.5) is 4.39 Å². The molecule has 0 aliphatic heterocycles. The van der Waals surface area contributed by atoms with Crippen molar-refractivity contribution >= 4 is 26.0 Å². The number of fused-ring (bicyclic) bond motifs is 2. The van der Waals surface area contributed by atoms with Crippen LogP contribution in [0.3, 0.4) is 0 Å². The van der Waals surface area contributed by atoms with Gasteiger partial charge < -0.3 is 0 Å². The van der Waals surface area contributed by atoms with E-state index in [1.165, 1.54) is 37.5 Å². The lowest BCUT2D eigenvalue weighted by Crippen LogP contribution is -2.40. The highest BCUT2D eigenvalue weighted by atomic mass is 79.9. The van der Waals surface area contributed by atoms with Crippen LogP contribution < -0.4 is 4.72 Å². The molecule has 0 spiro atoms. The summed E-state index contributed by atoms with van der Waals surface area (Å²) in [5.41, 5.74) is 0. The third-order valence-electron chi connectivity index (χ3n) is 4.96.